The molecule has 3 nitrogen and oxygen atoms in total. The van der Waals surface area contributed by atoms with Crippen molar-refractivity contribution in [1.82, 2.24) is 4.98 Å². The van der Waals surface area contributed by atoms with E-state index in [1.807, 2.05) is 18.2 Å². The van der Waals surface area contributed by atoms with Crippen molar-refractivity contribution in [1.29, 1.82) is 5.26 Å². The lowest BCUT2D eigenvalue weighted by Gasteiger charge is -2.06. The molecule has 1 aromatic heterocycles. The molecule has 2 rings (SSSR count). The van der Waals surface area contributed by atoms with Gasteiger partial charge in [0.25, 0.3) is 0 Å². The molecule has 0 saturated heterocycles. The second kappa shape index (κ2) is 7.37. The van der Waals surface area contributed by atoms with Gasteiger partial charge in [0.15, 0.2) is 0 Å². The molecule has 4 heteroatoms. The molecule has 0 aliphatic rings. The fraction of sp³-hybridized carbons (Fsp3) is 0.250. The van der Waals surface area contributed by atoms with Crippen LogP contribution in [0, 0.1) is 17.1 Å². The van der Waals surface area contributed by atoms with Gasteiger partial charge in [-0.15, -0.1) is 0 Å². The summed E-state index contributed by atoms with van der Waals surface area (Å²) in [6.45, 7) is 0.746. The van der Waals surface area contributed by atoms with Crippen LogP contribution in [0.25, 0.3) is 0 Å². The van der Waals surface area contributed by atoms with E-state index in [0.29, 0.717) is 12.2 Å². The van der Waals surface area contributed by atoms with Crippen LogP contribution in [0.5, 0.6) is 0 Å². The average Bonchev–Trinajstić information content (AvgIpc) is 2.49. The third-order valence-corrected chi connectivity index (χ3v) is 2.96. The van der Waals surface area contributed by atoms with Crippen LogP contribution in [0.15, 0.2) is 42.7 Å². The minimum absolute atomic E-state index is 0.0582. The maximum Gasteiger partial charge on any atom is 0.146 e. The van der Waals surface area contributed by atoms with Crippen LogP contribution in [0.3, 0.4) is 0 Å². The molecule has 102 valence electrons. The number of aryl methyl sites for hydroxylation is 1. The number of aromatic nitrogens is 1. The van der Waals surface area contributed by atoms with Gasteiger partial charge in [-0.2, -0.15) is 5.26 Å². The number of nitrogens with zero attached hydrogens (tertiary/aromatic N) is 2. The molecule has 0 fully saturated rings. The van der Waals surface area contributed by atoms with E-state index in [4.69, 9.17) is 10.00 Å². The normalized spacial score (nSPS) is 10.2. The summed E-state index contributed by atoms with van der Waals surface area (Å²) in [7, 11) is 0. The summed E-state index contributed by atoms with van der Waals surface area (Å²) >= 11 is 0. The number of benzene rings is 1. The quantitative estimate of drug-likeness (QED) is 0.757. The SMILES string of the molecule is N#Cc1cccc(COCCCc2ccncc2)c1F. The zero-order valence-corrected chi connectivity index (χ0v) is 11.1. The van der Waals surface area contributed by atoms with Gasteiger partial charge in [-0.05, 0) is 36.6 Å². The van der Waals surface area contributed by atoms with Gasteiger partial charge >= 0.3 is 0 Å². The molecule has 0 bridgehead atoms. The highest BCUT2D eigenvalue weighted by molar-refractivity contribution is 5.34. The van der Waals surface area contributed by atoms with Gasteiger partial charge in [0.1, 0.15) is 11.9 Å². The predicted octanol–water partition coefficient (Wildman–Crippen LogP) is 3.24. The van der Waals surface area contributed by atoms with Crippen LogP contribution in [0.2, 0.25) is 0 Å². The first-order valence-electron chi connectivity index (χ1n) is 6.45. The Morgan fingerprint density at radius 2 is 2.00 bits per heavy atom. The highest BCUT2D eigenvalue weighted by atomic mass is 19.1. The summed E-state index contributed by atoms with van der Waals surface area (Å²) in [5.74, 6) is -0.482. The van der Waals surface area contributed by atoms with Gasteiger partial charge in [-0.25, -0.2) is 4.39 Å². The summed E-state index contributed by atoms with van der Waals surface area (Å²) in [6.07, 6.45) is 5.30. The largest absolute Gasteiger partial charge is 0.377 e. The molecule has 0 radical (unpaired) electrons. The lowest BCUT2D eigenvalue weighted by atomic mass is 10.1. The number of nitriles is 1. The zero-order valence-electron chi connectivity index (χ0n) is 11.1. The van der Waals surface area contributed by atoms with Crippen molar-refractivity contribution in [2.75, 3.05) is 6.61 Å². The molecular formula is C16H15FN2O. The maximum absolute atomic E-state index is 13.7. The summed E-state index contributed by atoms with van der Waals surface area (Å²) in [6, 6.07) is 10.5. The van der Waals surface area contributed by atoms with E-state index in [0.717, 1.165) is 12.8 Å². The standard InChI is InChI=1S/C16H15FN2O/c17-16-14(11-18)4-1-5-15(16)12-20-10-2-3-13-6-8-19-9-7-13/h1,4-9H,2-3,10,12H2. The minimum atomic E-state index is -0.482. The Hall–Kier alpha value is -2.25. The van der Waals surface area contributed by atoms with Crippen LogP contribution >= 0.6 is 0 Å². The van der Waals surface area contributed by atoms with E-state index in [1.165, 1.54) is 11.6 Å². The van der Waals surface area contributed by atoms with Crippen LogP contribution in [-0.2, 0) is 17.8 Å². The second-order valence-electron chi connectivity index (χ2n) is 4.40. The van der Waals surface area contributed by atoms with Gasteiger partial charge in [0.2, 0.25) is 0 Å². The molecule has 1 heterocycles. The highest BCUT2D eigenvalue weighted by Gasteiger charge is 2.07. The Bertz CT molecular complexity index is 593. The van der Waals surface area contributed by atoms with Crippen LogP contribution in [0.4, 0.5) is 4.39 Å². The molecular weight excluding hydrogens is 255 g/mol. The van der Waals surface area contributed by atoms with Crippen LogP contribution in [0.1, 0.15) is 23.1 Å². The van der Waals surface area contributed by atoms with E-state index in [2.05, 4.69) is 4.98 Å². The fourth-order valence-electron chi connectivity index (χ4n) is 1.89. The Morgan fingerprint density at radius 3 is 2.75 bits per heavy atom. The zero-order chi connectivity index (χ0) is 14.2. The number of ether oxygens (including phenoxy) is 1. The first-order chi connectivity index (χ1) is 9.81. The van der Waals surface area contributed by atoms with Crippen LogP contribution in [-0.4, -0.2) is 11.6 Å². The summed E-state index contributed by atoms with van der Waals surface area (Å²) in [5.41, 5.74) is 1.69. The Labute approximate surface area is 117 Å². The number of rotatable bonds is 6. The molecule has 0 N–H and O–H groups in total. The number of hydrogen-bond donors (Lipinski definition) is 0. The number of halogens is 1. The fourth-order valence-corrected chi connectivity index (χ4v) is 1.89. The van der Waals surface area contributed by atoms with E-state index in [1.54, 1.807) is 24.5 Å². The van der Waals surface area contributed by atoms with Gasteiger partial charge in [0.05, 0.1) is 12.2 Å². The first-order valence-corrected chi connectivity index (χ1v) is 6.45. The van der Waals surface area contributed by atoms with Gasteiger partial charge in [-0.3, -0.25) is 4.98 Å². The molecule has 2 aromatic rings. The van der Waals surface area contributed by atoms with Crippen molar-refractivity contribution in [3.05, 3.63) is 65.2 Å². The highest BCUT2D eigenvalue weighted by Crippen LogP contribution is 2.13. The summed E-state index contributed by atoms with van der Waals surface area (Å²) < 4.78 is 19.2. The van der Waals surface area contributed by atoms with Crippen molar-refractivity contribution in [2.24, 2.45) is 0 Å². The third kappa shape index (κ3) is 3.87. The Balaban J connectivity index is 1.75. The topological polar surface area (TPSA) is 45.9 Å². The summed E-state index contributed by atoms with van der Waals surface area (Å²) in [4.78, 5) is 3.96. The monoisotopic (exact) mass is 270 g/mol. The minimum Gasteiger partial charge on any atom is -0.377 e. The molecule has 0 unspecified atom stereocenters. The molecule has 0 spiro atoms. The summed E-state index contributed by atoms with van der Waals surface area (Å²) in [5, 5.41) is 8.74. The molecule has 20 heavy (non-hydrogen) atoms. The molecule has 1 aromatic carbocycles. The average molecular weight is 270 g/mol. The van der Waals surface area contributed by atoms with Gasteiger partial charge in [0, 0.05) is 24.6 Å². The van der Waals surface area contributed by atoms with Crippen molar-refractivity contribution in [3.8, 4) is 6.07 Å². The van der Waals surface area contributed by atoms with Gasteiger partial charge in [-0.1, -0.05) is 12.1 Å². The molecule has 0 saturated carbocycles. The van der Waals surface area contributed by atoms with Gasteiger partial charge < -0.3 is 4.74 Å². The Morgan fingerprint density at radius 1 is 1.20 bits per heavy atom. The van der Waals surface area contributed by atoms with E-state index in [9.17, 15) is 4.39 Å². The predicted molar refractivity (Wildman–Crippen MR) is 73.3 cm³/mol. The number of pyridine rings is 1. The first kappa shape index (κ1) is 14.2. The molecule has 0 amide bonds. The molecule has 0 atom stereocenters. The van der Waals surface area contributed by atoms with E-state index in [-0.39, 0.29) is 12.2 Å². The number of hydrogen-bond acceptors (Lipinski definition) is 3. The van der Waals surface area contributed by atoms with E-state index >= 15 is 0 Å². The van der Waals surface area contributed by atoms with E-state index < -0.39 is 5.82 Å². The maximum atomic E-state index is 13.7. The molecule has 0 aliphatic heterocycles. The van der Waals surface area contributed by atoms with Crippen molar-refractivity contribution in [2.45, 2.75) is 19.4 Å². The van der Waals surface area contributed by atoms with Crippen molar-refractivity contribution < 1.29 is 9.13 Å². The van der Waals surface area contributed by atoms with Crippen molar-refractivity contribution >= 4 is 0 Å². The van der Waals surface area contributed by atoms with Crippen LogP contribution < -0.4 is 0 Å². The lowest BCUT2D eigenvalue weighted by Crippen LogP contribution is -2.00. The third-order valence-electron chi connectivity index (χ3n) is 2.96. The van der Waals surface area contributed by atoms with Crippen molar-refractivity contribution in [3.63, 3.8) is 0 Å². The second-order valence-corrected chi connectivity index (χ2v) is 4.40. The molecule has 0 aliphatic carbocycles. The Kier molecular flexibility index (Phi) is 5.22. The smallest absolute Gasteiger partial charge is 0.146 e. The lowest BCUT2D eigenvalue weighted by molar-refractivity contribution is 0.116.